The summed E-state index contributed by atoms with van der Waals surface area (Å²) in [7, 11) is 0. The first-order chi connectivity index (χ1) is 17.4. The number of hydrogen-bond donors (Lipinski definition) is 2. The van der Waals surface area contributed by atoms with E-state index in [2.05, 4.69) is 20.4 Å². The third kappa shape index (κ3) is 5.65. The quantitative estimate of drug-likeness (QED) is 0.353. The molecule has 4 rings (SSSR count). The zero-order chi connectivity index (χ0) is 26.9. The highest BCUT2D eigenvalue weighted by Crippen LogP contribution is 2.32. The summed E-state index contributed by atoms with van der Waals surface area (Å²) < 4.78 is 70.3. The maximum absolute atomic E-state index is 14.8. The monoisotopic (exact) mass is 520 g/mol. The Kier molecular flexibility index (Phi) is 7.05. The van der Waals surface area contributed by atoms with Gasteiger partial charge in [0.1, 0.15) is 17.6 Å². The first-order valence-corrected chi connectivity index (χ1v) is 11.1. The van der Waals surface area contributed by atoms with E-state index in [9.17, 15) is 31.5 Å². The third-order valence-corrected chi connectivity index (χ3v) is 5.63. The number of alkyl halides is 4. The van der Waals surface area contributed by atoms with Crippen molar-refractivity contribution in [2.45, 2.75) is 45.2 Å². The zero-order valence-corrected chi connectivity index (χ0v) is 19.6. The molecule has 0 saturated heterocycles. The lowest BCUT2D eigenvalue weighted by Gasteiger charge is -2.20. The summed E-state index contributed by atoms with van der Waals surface area (Å²) in [6, 6.07) is 3.17. The van der Waals surface area contributed by atoms with Crippen molar-refractivity contribution in [2.24, 2.45) is 0 Å². The molecule has 0 amide bonds. The predicted octanol–water partition coefficient (Wildman–Crippen LogP) is 4.24. The van der Waals surface area contributed by atoms with Crippen LogP contribution >= 0.6 is 0 Å². The molecule has 13 heteroatoms. The molecule has 8 nitrogen and oxygen atoms in total. The number of pyridine rings is 1. The van der Waals surface area contributed by atoms with E-state index in [1.165, 1.54) is 37.6 Å². The van der Waals surface area contributed by atoms with Crippen LogP contribution in [0.4, 0.5) is 27.6 Å². The minimum Gasteiger partial charge on any atom is -0.381 e. The summed E-state index contributed by atoms with van der Waals surface area (Å²) in [5.74, 6) is -0.559. The van der Waals surface area contributed by atoms with Crippen LogP contribution in [-0.2, 0) is 12.7 Å². The highest BCUT2D eigenvalue weighted by molar-refractivity contribution is 5.85. The van der Waals surface area contributed by atoms with Crippen molar-refractivity contribution >= 4 is 16.5 Å². The van der Waals surface area contributed by atoms with Gasteiger partial charge in [-0.25, -0.2) is 23.8 Å². The van der Waals surface area contributed by atoms with Crippen molar-refractivity contribution in [1.29, 1.82) is 0 Å². The molecular weight excluding hydrogens is 499 g/mol. The number of nitrogens with one attached hydrogen (secondary N) is 2. The molecule has 0 aliphatic heterocycles. The Bertz CT molecular complexity index is 1550. The molecule has 2 atom stereocenters. The Labute approximate surface area is 206 Å². The molecule has 0 radical (unpaired) electrons. The Balaban J connectivity index is 1.51. The molecule has 2 unspecified atom stereocenters. The standard InChI is InChI=1S/C24H21F5N6O2/c1-12-8-30-21(31-9-12)17-6-14-3-4-35(23(37)16(14)7-18(17)26)11-15(25)5-13(2)33-19-10-32-34-22(36)20(19)24(27,28)29/h3-4,6-10,13,15H,5,11H2,1-2H3,(H2,33,34,36). The van der Waals surface area contributed by atoms with Gasteiger partial charge in [-0.3, -0.25) is 9.59 Å². The number of aromatic nitrogens is 5. The van der Waals surface area contributed by atoms with Crippen LogP contribution < -0.4 is 16.4 Å². The van der Waals surface area contributed by atoms with Crippen LogP contribution in [0.15, 0.2) is 52.6 Å². The van der Waals surface area contributed by atoms with Crippen molar-refractivity contribution in [2.75, 3.05) is 5.32 Å². The predicted molar refractivity (Wildman–Crippen MR) is 126 cm³/mol. The van der Waals surface area contributed by atoms with E-state index < -0.39 is 53.1 Å². The van der Waals surface area contributed by atoms with Gasteiger partial charge in [-0.1, -0.05) is 0 Å². The van der Waals surface area contributed by atoms with Crippen LogP contribution in [-0.4, -0.2) is 36.9 Å². The second kappa shape index (κ2) is 10.1. The Morgan fingerprint density at radius 1 is 1.14 bits per heavy atom. The molecule has 3 aromatic heterocycles. The maximum atomic E-state index is 14.8. The summed E-state index contributed by atoms with van der Waals surface area (Å²) in [5.41, 5.74) is -3.19. The van der Waals surface area contributed by atoms with Crippen molar-refractivity contribution < 1.29 is 22.0 Å². The highest BCUT2D eigenvalue weighted by atomic mass is 19.4. The number of hydrogen-bond acceptors (Lipinski definition) is 6. The Morgan fingerprint density at radius 3 is 2.51 bits per heavy atom. The smallest absolute Gasteiger partial charge is 0.381 e. The SMILES string of the molecule is Cc1cnc(-c2cc3ccn(CC(F)CC(C)Nc4cn[nH]c(=O)c4C(F)(F)F)c(=O)c3cc2F)nc1. The molecule has 0 aliphatic carbocycles. The number of nitrogens with zero attached hydrogens (tertiary/aromatic N) is 4. The fourth-order valence-electron chi connectivity index (χ4n) is 3.94. The number of aryl methyl sites for hydroxylation is 1. The van der Waals surface area contributed by atoms with Crippen LogP contribution in [0, 0.1) is 12.7 Å². The number of aromatic amines is 1. The van der Waals surface area contributed by atoms with Gasteiger partial charge in [0.05, 0.1) is 29.4 Å². The van der Waals surface area contributed by atoms with Gasteiger partial charge < -0.3 is 9.88 Å². The van der Waals surface area contributed by atoms with Gasteiger partial charge in [0, 0.05) is 31.1 Å². The van der Waals surface area contributed by atoms with Crippen LogP contribution in [0.3, 0.4) is 0 Å². The molecule has 194 valence electrons. The lowest BCUT2D eigenvalue weighted by Crippen LogP contribution is -2.30. The van der Waals surface area contributed by atoms with E-state index in [0.29, 0.717) is 5.39 Å². The normalized spacial score (nSPS) is 13.5. The van der Waals surface area contributed by atoms with E-state index in [0.717, 1.165) is 22.4 Å². The minimum absolute atomic E-state index is 0.0265. The van der Waals surface area contributed by atoms with Crippen molar-refractivity contribution in [3.8, 4) is 11.4 Å². The van der Waals surface area contributed by atoms with E-state index in [1.54, 1.807) is 12.0 Å². The topological polar surface area (TPSA) is 106 Å². The maximum Gasteiger partial charge on any atom is 0.423 e. The van der Waals surface area contributed by atoms with E-state index in [-0.39, 0.29) is 23.2 Å². The number of benzene rings is 1. The second-order valence-electron chi connectivity index (χ2n) is 8.64. The van der Waals surface area contributed by atoms with E-state index in [1.807, 2.05) is 0 Å². The summed E-state index contributed by atoms with van der Waals surface area (Å²) in [6.45, 7) is 2.81. The zero-order valence-electron chi connectivity index (χ0n) is 19.6. The van der Waals surface area contributed by atoms with Gasteiger partial charge in [-0.15, -0.1) is 0 Å². The Morgan fingerprint density at radius 2 is 1.84 bits per heavy atom. The fourth-order valence-corrected chi connectivity index (χ4v) is 3.94. The van der Waals surface area contributed by atoms with Gasteiger partial charge in [0.25, 0.3) is 11.1 Å². The molecule has 0 aliphatic rings. The van der Waals surface area contributed by atoms with Gasteiger partial charge in [-0.05, 0) is 43.0 Å². The lowest BCUT2D eigenvalue weighted by molar-refractivity contribution is -0.138. The molecular formula is C24H21F5N6O2. The van der Waals surface area contributed by atoms with Crippen LogP contribution in [0.1, 0.15) is 24.5 Å². The molecule has 0 spiro atoms. The van der Waals surface area contributed by atoms with E-state index >= 15 is 0 Å². The molecule has 3 heterocycles. The van der Waals surface area contributed by atoms with Crippen LogP contribution in [0.2, 0.25) is 0 Å². The van der Waals surface area contributed by atoms with Gasteiger partial charge in [0.2, 0.25) is 0 Å². The van der Waals surface area contributed by atoms with Gasteiger partial charge >= 0.3 is 6.18 Å². The number of fused-ring (bicyclic) bond motifs is 1. The molecule has 2 N–H and O–H groups in total. The lowest BCUT2D eigenvalue weighted by atomic mass is 10.1. The van der Waals surface area contributed by atoms with Crippen LogP contribution in [0.25, 0.3) is 22.2 Å². The number of anilines is 1. The summed E-state index contributed by atoms with van der Waals surface area (Å²) >= 11 is 0. The second-order valence-corrected chi connectivity index (χ2v) is 8.64. The van der Waals surface area contributed by atoms with Crippen molar-refractivity contribution in [3.05, 3.63) is 80.6 Å². The van der Waals surface area contributed by atoms with Crippen molar-refractivity contribution in [1.82, 2.24) is 24.7 Å². The van der Waals surface area contributed by atoms with E-state index in [4.69, 9.17) is 0 Å². The van der Waals surface area contributed by atoms with Gasteiger partial charge in [-0.2, -0.15) is 18.3 Å². The van der Waals surface area contributed by atoms with Gasteiger partial charge in [0.15, 0.2) is 5.82 Å². The summed E-state index contributed by atoms with van der Waals surface area (Å²) in [6.07, 6.45) is -1.64. The molecule has 37 heavy (non-hydrogen) atoms. The summed E-state index contributed by atoms with van der Waals surface area (Å²) in [5, 5.41) is 7.98. The van der Waals surface area contributed by atoms with Crippen LogP contribution in [0.5, 0.6) is 0 Å². The molecule has 0 fully saturated rings. The number of rotatable bonds is 7. The largest absolute Gasteiger partial charge is 0.423 e. The molecule has 0 saturated carbocycles. The van der Waals surface area contributed by atoms with Crippen molar-refractivity contribution in [3.63, 3.8) is 0 Å². The molecule has 4 aromatic rings. The first-order valence-electron chi connectivity index (χ1n) is 11.1. The Hall–Kier alpha value is -4.16. The molecule has 0 bridgehead atoms. The summed E-state index contributed by atoms with van der Waals surface area (Å²) in [4.78, 5) is 32.7. The molecule has 1 aromatic carbocycles. The fraction of sp³-hybridized carbons (Fsp3) is 0.292. The number of H-pyrrole nitrogens is 1. The third-order valence-electron chi connectivity index (χ3n) is 5.63. The average Bonchev–Trinajstić information content (AvgIpc) is 2.80. The average molecular weight is 520 g/mol. The first kappa shape index (κ1) is 25.9. The highest BCUT2D eigenvalue weighted by Gasteiger charge is 2.37. The minimum atomic E-state index is -4.94. The number of halogens is 5.